The van der Waals surface area contributed by atoms with E-state index < -0.39 is 0 Å². The molecule has 4 nitrogen and oxygen atoms in total. The topological polar surface area (TPSA) is 47.7 Å². The number of nitrogens with zero attached hydrogens (tertiary/aromatic N) is 1. The maximum absolute atomic E-state index is 5.99. The Morgan fingerprint density at radius 3 is 2.89 bits per heavy atom. The molecule has 0 unspecified atom stereocenters. The Bertz CT molecular complexity index is 395. The maximum Gasteiger partial charge on any atom is 0.120 e. The molecule has 1 heterocycles. The van der Waals surface area contributed by atoms with Crippen LogP contribution in [0.25, 0.3) is 0 Å². The van der Waals surface area contributed by atoms with Gasteiger partial charge >= 0.3 is 0 Å². The fourth-order valence-corrected chi connectivity index (χ4v) is 3.01. The van der Waals surface area contributed by atoms with Gasteiger partial charge in [-0.15, -0.1) is 11.8 Å². The Labute approximate surface area is 119 Å². The lowest BCUT2D eigenvalue weighted by molar-refractivity contribution is 0.0410. The molecule has 0 saturated carbocycles. The van der Waals surface area contributed by atoms with E-state index in [2.05, 4.69) is 4.90 Å². The molecule has 0 bridgehead atoms. The van der Waals surface area contributed by atoms with Crippen molar-refractivity contribution >= 4 is 17.4 Å². The number of nitrogens with two attached hydrogens (primary N) is 1. The van der Waals surface area contributed by atoms with Crippen molar-refractivity contribution < 1.29 is 9.47 Å². The molecule has 19 heavy (non-hydrogen) atoms. The lowest BCUT2D eigenvalue weighted by Gasteiger charge is -2.26. The van der Waals surface area contributed by atoms with E-state index in [4.69, 9.17) is 15.2 Å². The van der Waals surface area contributed by atoms with E-state index in [1.54, 1.807) is 11.8 Å². The summed E-state index contributed by atoms with van der Waals surface area (Å²) in [5.41, 5.74) is 6.82. The second-order valence-corrected chi connectivity index (χ2v) is 5.57. The second-order valence-electron chi connectivity index (χ2n) is 4.44. The molecule has 5 heteroatoms. The number of thioether (sulfide) groups is 1. The third-order valence-electron chi connectivity index (χ3n) is 3.06. The molecule has 1 aliphatic heterocycles. The van der Waals surface area contributed by atoms with Crippen molar-refractivity contribution in [1.29, 1.82) is 0 Å². The van der Waals surface area contributed by atoms with Gasteiger partial charge in [-0.3, -0.25) is 4.90 Å². The quantitative estimate of drug-likeness (QED) is 0.639. The number of ether oxygens (including phenoxy) is 2. The van der Waals surface area contributed by atoms with E-state index in [0.717, 1.165) is 54.9 Å². The first-order valence-electron chi connectivity index (χ1n) is 6.75. The number of anilines is 1. The van der Waals surface area contributed by atoms with Crippen molar-refractivity contribution in [2.75, 3.05) is 50.9 Å². The minimum Gasteiger partial charge on any atom is -0.494 e. The summed E-state index contributed by atoms with van der Waals surface area (Å²) in [4.78, 5) is 3.54. The van der Waals surface area contributed by atoms with Crippen LogP contribution in [0.1, 0.15) is 6.92 Å². The highest BCUT2D eigenvalue weighted by atomic mass is 32.2. The van der Waals surface area contributed by atoms with Gasteiger partial charge in [-0.05, 0) is 25.1 Å². The molecule has 1 aromatic rings. The van der Waals surface area contributed by atoms with Crippen molar-refractivity contribution in [3.05, 3.63) is 18.2 Å². The molecule has 2 rings (SSSR count). The van der Waals surface area contributed by atoms with Crippen LogP contribution in [0.2, 0.25) is 0 Å². The summed E-state index contributed by atoms with van der Waals surface area (Å²) in [5.74, 6) is 1.94. The molecule has 0 spiro atoms. The molecule has 1 aliphatic rings. The lowest BCUT2D eigenvalue weighted by Crippen LogP contribution is -2.37. The van der Waals surface area contributed by atoms with E-state index >= 15 is 0 Å². The molecule has 0 atom stereocenters. The van der Waals surface area contributed by atoms with Gasteiger partial charge in [0.25, 0.3) is 0 Å². The van der Waals surface area contributed by atoms with Crippen LogP contribution in [0.4, 0.5) is 5.69 Å². The second kappa shape index (κ2) is 7.62. The van der Waals surface area contributed by atoms with Gasteiger partial charge in [-0.2, -0.15) is 0 Å². The van der Waals surface area contributed by atoms with Crippen LogP contribution in [-0.2, 0) is 4.74 Å². The van der Waals surface area contributed by atoms with Crippen LogP contribution in [0.15, 0.2) is 23.1 Å². The van der Waals surface area contributed by atoms with Gasteiger partial charge in [0, 0.05) is 36.0 Å². The molecule has 106 valence electrons. The molecule has 2 N–H and O–H groups in total. The number of morpholine rings is 1. The predicted molar refractivity (Wildman–Crippen MR) is 80.0 cm³/mol. The van der Waals surface area contributed by atoms with E-state index in [0.29, 0.717) is 6.61 Å². The first kappa shape index (κ1) is 14.5. The number of hydrogen-bond acceptors (Lipinski definition) is 5. The number of nitrogen functional groups attached to an aromatic ring is 1. The zero-order chi connectivity index (χ0) is 13.5. The van der Waals surface area contributed by atoms with E-state index in [1.807, 2.05) is 25.1 Å². The fourth-order valence-electron chi connectivity index (χ4n) is 2.01. The summed E-state index contributed by atoms with van der Waals surface area (Å²) in [6, 6.07) is 5.87. The molecular formula is C14H22N2O2S. The van der Waals surface area contributed by atoms with Crippen molar-refractivity contribution in [2.24, 2.45) is 0 Å². The Balaban J connectivity index is 1.82. The standard InChI is InChI=1S/C14H22N2O2S/c1-2-18-12-3-4-13(15)14(11-12)19-10-7-16-5-8-17-9-6-16/h3-4,11H,2,5-10,15H2,1H3. The van der Waals surface area contributed by atoms with Crippen molar-refractivity contribution in [1.82, 2.24) is 4.90 Å². The van der Waals surface area contributed by atoms with Crippen molar-refractivity contribution in [3.63, 3.8) is 0 Å². The zero-order valence-corrected chi connectivity index (χ0v) is 12.2. The van der Waals surface area contributed by atoms with Crippen molar-refractivity contribution in [2.45, 2.75) is 11.8 Å². The summed E-state index contributed by atoms with van der Waals surface area (Å²) in [5, 5.41) is 0. The number of hydrogen-bond donors (Lipinski definition) is 1. The summed E-state index contributed by atoms with van der Waals surface area (Å²) >= 11 is 1.79. The van der Waals surface area contributed by atoms with Gasteiger partial charge in [0.15, 0.2) is 0 Å². The minimum atomic E-state index is 0.682. The van der Waals surface area contributed by atoms with Gasteiger partial charge in [-0.1, -0.05) is 0 Å². The Morgan fingerprint density at radius 1 is 1.37 bits per heavy atom. The summed E-state index contributed by atoms with van der Waals surface area (Å²) in [6.07, 6.45) is 0. The SMILES string of the molecule is CCOc1ccc(N)c(SCCN2CCOCC2)c1. The number of benzene rings is 1. The van der Waals surface area contributed by atoms with Crippen LogP contribution >= 0.6 is 11.8 Å². The monoisotopic (exact) mass is 282 g/mol. The molecule has 1 fully saturated rings. The molecule has 0 aromatic heterocycles. The average Bonchev–Trinajstić information content (AvgIpc) is 2.44. The molecule has 0 amide bonds. The Morgan fingerprint density at radius 2 is 2.16 bits per heavy atom. The third-order valence-corrected chi connectivity index (χ3v) is 4.12. The van der Waals surface area contributed by atoms with Gasteiger partial charge < -0.3 is 15.2 Å². The molecule has 1 saturated heterocycles. The van der Waals surface area contributed by atoms with E-state index in [-0.39, 0.29) is 0 Å². The third kappa shape index (κ3) is 4.60. The van der Waals surface area contributed by atoms with Gasteiger partial charge in [-0.25, -0.2) is 0 Å². The maximum atomic E-state index is 5.99. The summed E-state index contributed by atoms with van der Waals surface area (Å²) in [7, 11) is 0. The molecular weight excluding hydrogens is 260 g/mol. The molecule has 0 radical (unpaired) electrons. The van der Waals surface area contributed by atoms with Crippen LogP contribution in [0.5, 0.6) is 5.75 Å². The normalized spacial score (nSPS) is 16.5. The summed E-state index contributed by atoms with van der Waals surface area (Å²) < 4.78 is 10.8. The van der Waals surface area contributed by atoms with Crippen LogP contribution in [-0.4, -0.2) is 50.1 Å². The fraction of sp³-hybridized carbons (Fsp3) is 0.571. The van der Waals surface area contributed by atoms with Gasteiger partial charge in [0.1, 0.15) is 5.75 Å². The molecule has 0 aliphatic carbocycles. The Hall–Kier alpha value is -0.910. The minimum absolute atomic E-state index is 0.682. The first-order valence-corrected chi connectivity index (χ1v) is 7.73. The highest BCUT2D eigenvalue weighted by molar-refractivity contribution is 7.99. The van der Waals surface area contributed by atoms with Crippen molar-refractivity contribution in [3.8, 4) is 5.75 Å². The van der Waals surface area contributed by atoms with E-state index in [9.17, 15) is 0 Å². The van der Waals surface area contributed by atoms with Crippen LogP contribution < -0.4 is 10.5 Å². The first-order chi connectivity index (χ1) is 9.29. The highest BCUT2D eigenvalue weighted by Gasteiger charge is 2.10. The van der Waals surface area contributed by atoms with E-state index in [1.165, 1.54) is 0 Å². The Kier molecular flexibility index (Phi) is 5.82. The number of rotatable bonds is 6. The van der Waals surface area contributed by atoms with Crippen LogP contribution in [0, 0.1) is 0 Å². The highest BCUT2D eigenvalue weighted by Crippen LogP contribution is 2.29. The lowest BCUT2D eigenvalue weighted by atomic mass is 10.3. The van der Waals surface area contributed by atoms with Gasteiger partial charge in [0.2, 0.25) is 0 Å². The smallest absolute Gasteiger partial charge is 0.120 e. The predicted octanol–water partition coefficient (Wildman–Crippen LogP) is 2.09. The average molecular weight is 282 g/mol. The summed E-state index contributed by atoms with van der Waals surface area (Å²) in [6.45, 7) is 7.53. The molecule has 1 aromatic carbocycles. The van der Waals surface area contributed by atoms with Gasteiger partial charge in [0.05, 0.1) is 19.8 Å². The van der Waals surface area contributed by atoms with Crippen LogP contribution in [0.3, 0.4) is 0 Å². The zero-order valence-electron chi connectivity index (χ0n) is 11.4. The largest absolute Gasteiger partial charge is 0.494 e.